The fourth-order valence-electron chi connectivity index (χ4n) is 3.51. The molecular weight excluding hydrogens is 356 g/mol. The minimum atomic E-state index is -0.385. The van der Waals surface area contributed by atoms with E-state index in [1.807, 2.05) is 69.9 Å². The Kier molecular flexibility index (Phi) is 7.96. The number of hydrogen-bond donors (Lipinski definition) is 0. The van der Waals surface area contributed by atoms with Crippen LogP contribution in [-0.2, 0) is 31.4 Å². The quantitative estimate of drug-likeness (QED) is 0.329. The molecule has 0 bridgehead atoms. The summed E-state index contributed by atoms with van der Waals surface area (Å²) in [5.74, 6) is -0.224. The zero-order valence-corrected chi connectivity index (χ0v) is 14.8. The van der Waals surface area contributed by atoms with Gasteiger partial charge in [0.2, 0.25) is 0 Å². The van der Waals surface area contributed by atoms with Crippen molar-refractivity contribution in [3.8, 4) is 0 Å². The third kappa shape index (κ3) is 4.86. The van der Waals surface area contributed by atoms with Gasteiger partial charge in [-0.15, -0.1) is 6.58 Å². The number of hydrogen-bond acceptors (Lipinski definition) is 3. The Labute approximate surface area is 162 Å². The summed E-state index contributed by atoms with van der Waals surface area (Å²) in [6, 6.07) is 0. The molecule has 4 heteroatoms. The molecule has 4 atom stereocenters. The third-order valence-electron chi connectivity index (χ3n) is 4.68. The van der Waals surface area contributed by atoms with Gasteiger partial charge in [-0.25, -0.2) is 0 Å². The van der Waals surface area contributed by atoms with E-state index in [1.54, 1.807) is 6.08 Å². The van der Waals surface area contributed by atoms with Gasteiger partial charge >= 0.3 is 29.0 Å². The van der Waals surface area contributed by atoms with Gasteiger partial charge in [0.1, 0.15) is 0 Å². The van der Waals surface area contributed by atoms with Crippen LogP contribution in [-0.4, -0.2) is 11.9 Å². The summed E-state index contributed by atoms with van der Waals surface area (Å²) < 4.78 is 4.77. The van der Waals surface area contributed by atoms with Gasteiger partial charge < -0.3 is 4.74 Å². The number of ether oxygens (including phenoxy) is 1. The predicted octanol–water partition coefficient (Wildman–Crippen LogP) is 3.10. The van der Waals surface area contributed by atoms with E-state index in [1.165, 1.54) is 0 Å². The first-order valence-corrected chi connectivity index (χ1v) is 8.15. The van der Waals surface area contributed by atoms with Crippen LogP contribution in [0.15, 0.2) is 24.8 Å². The number of carbonyl (C=O) groups is 2. The van der Waals surface area contributed by atoms with E-state index in [0.717, 1.165) is 12.3 Å². The predicted molar refractivity (Wildman–Crippen MR) is 91.0 cm³/mol. The molecule has 10 radical (unpaired) electrons. The van der Waals surface area contributed by atoms with Gasteiger partial charge in [-0.1, -0.05) is 18.2 Å². The molecule has 4 rings (SSSR count). The second-order valence-electron chi connectivity index (χ2n) is 6.13. The van der Waals surface area contributed by atoms with E-state index in [9.17, 15) is 9.59 Å². The van der Waals surface area contributed by atoms with Gasteiger partial charge in [0.15, 0.2) is 0 Å². The van der Waals surface area contributed by atoms with Gasteiger partial charge in [-0.2, -0.15) is 0 Å². The smallest absolute Gasteiger partial charge is 0.393 e. The first-order chi connectivity index (χ1) is 11.7. The van der Waals surface area contributed by atoms with Crippen LogP contribution in [0.3, 0.4) is 0 Å². The van der Waals surface area contributed by atoms with Crippen molar-refractivity contribution in [3.05, 3.63) is 88.5 Å². The summed E-state index contributed by atoms with van der Waals surface area (Å²) in [6.45, 7) is 3.76. The molecule has 0 aromatic carbocycles. The van der Waals surface area contributed by atoms with Crippen LogP contribution >= 0.6 is 0 Å². The van der Waals surface area contributed by atoms with Crippen molar-refractivity contribution < 1.29 is 31.4 Å². The molecule has 0 amide bonds. The monoisotopic (exact) mass is 376 g/mol. The third-order valence-corrected chi connectivity index (χ3v) is 4.68. The van der Waals surface area contributed by atoms with Gasteiger partial charge in [0.25, 0.3) is 0 Å². The minimum absolute atomic E-state index is 0. The molecule has 0 N–H and O–H groups in total. The van der Waals surface area contributed by atoms with Gasteiger partial charge in [0, 0.05) is 5.92 Å². The van der Waals surface area contributed by atoms with E-state index in [-0.39, 0.29) is 52.7 Å². The number of fused-ring (bicyclic) bond motifs is 1. The van der Waals surface area contributed by atoms with Crippen molar-refractivity contribution >= 4 is 11.9 Å². The van der Waals surface area contributed by atoms with Crippen LogP contribution in [0.5, 0.6) is 0 Å². The van der Waals surface area contributed by atoms with Crippen LogP contribution < -0.4 is 0 Å². The first kappa shape index (κ1) is 20.5. The average molecular weight is 376 g/mol. The van der Waals surface area contributed by atoms with Crippen molar-refractivity contribution in [2.45, 2.75) is 6.42 Å². The van der Waals surface area contributed by atoms with E-state index in [0.29, 0.717) is 0 Å². The maximum Gasteiger partial charge on any atom is 2.00 e. The molecule has 0 spiro atoms. The Morgan fingerprint density at radius 2 is 1.40 bits per heavy atom. The van der Waals surface area contributed by atoms with Crippen molar-refractivity contribution in [3.63, 3.8) is 0 Å². The number of cyclic esters (lactones) is 2. The van der Waals surface area contributed by atoms with E-state index < -0.39 is 0 Å². The van der Waals surface area contributed by atoms with Crippen LogP contribution in [0.1, 0.15) is 6.42 Å². The summed E-state index contributed by atoms with van der Waals surface area (Å²) in [5.41, 5.74) is 0. The van der Waals surface area contributed by atoms with Crippen LogP contribution in [0.2, 0.25) is 0 Å². The normalized spacial score (nSPS) is 34.4. The molecule has 25 heavy (non-hydrogen) atoms. The van der Waals surface area contributed by atoms with E-state index in [2.05, 4.69) is 6.58 Å². The molecule has 0 aromatic heterocycles. The fourth-order valence-corrected chi connectivity index (χ4v) is 3.51. The zero-order chi connectivity index (χ0) is 16.9. The molecular formula is C21H20FeO3+2. The molecule has 3 saturated carbocycles. The van der Waals surface area contributed by atoms with Crippen molar-refractivity contribution in [1.29, 1.82) is 0 Å². The standard InChI is InChI=1S/C16H15O3.C5H5.Fe/c1-2-11-9-12(8-7-10-5-3-4-6-10)14-13(11)15(17)19-16(14)18;1-2-4-5-3-1;/h2-8,11-14H,1,9H2;1-5H;/q;;+2/b8-7+;;/t11?,12?,13-,14+;;/m0../s1. The number of rotatable bonds is 3. The van der Waals surface area contributed by atoms with E-state index in [4.69, 9.17) is 4.74 Å². The Bertz CT molecular complexity index is 496. The maximum absolute atomic E-state index is 11.8. The molecule has 0 aromatic rings. The van der Waals surface area contributed by atoms with Crippen LogP contribution in [0, 0.1) is 87.4 Å². The molecule has 1 aliphatic heterocycles. The summed E-state index contributed by atoms with van der Waals surface area (Å²) in [4.78, 5) is 23.5. The van der Waals surface area contributed by atoms with Crippen LogP contribution in [0.25, 0.3) is 0 Å². The van der Waals surface area contributed by atoms with Gasteiger partial charge in [-0.3, -0.25) is 9.59 Å². The number of carbonyl (C=O) groups excluding carboxylic acids is 2. The molecule has 3 aliphatic carbocycles. The molecule has 2 unspecified atom stereocenters. The van der Waals surface area contributed by atoms with Gasteiger partial charge in [0.05, 0.1) is 11.8 Å². The summed E-state index contributed by atoms with van der Waals surface area (Å²) >= 11 is 0. The molecule has 3 nitrogen and oxygen atoms in total. The van der Waals surface area contributed by atoms with E-state index >= 15 is 0 Å². The molecule has 4 fully saturated rings. The fraction of sp³-hybridized carbons (Fsp3) is 0.238. The second-order valence-corrected chi connectivity index (χ2v) is 6.13. The van der Waals surface area contributed by atoms with Crippen molar-refractivity contribution in [1.82, 2.24) is 0 Å². The zero-order valence-electron chi connectivity index (χ0n) is 13.7. The Morgan fingerprint density at radius 1 is 0.880 bits per heavy atom. The molecule has 1 heterocycles. The summed E-state index contributed by atoms with van der Waals surface area (Å²) in [5, 5.41) is 0. The Hall–Kier alpha value is -0.861. The number of allylic oxidation sites excluding steroid dienone is 3. The molecule has 128 valence electrons. The van der Waals surface area contributed by atoms with Gasteiger partial charge in [-0.05, 0) is 76.0 Å². The summed E-state index contributed by atoms with van der Waals surface area (Å²) in [7, 11) is 0. The summed E-state index contributed by atoms with van der Waals surface area (Å²) in [6.07, 6.45) is 24.5. The van der Waals surface area contributed by atoms with Crippen LogP contribution in [0.4, 0.5) is 0 Å². The molecule has 4 aliphatic rings. The average Bonchev–Trinajstić information content (AvgIpc) is 3.36. The topological polar surface area (TPSA) is 43.4 Å². The van der Waals surface area contributed by atoms with Crippen molar-refractivity contribution in [2.75, 3.05) is 0 Å². The largest absolute Gasteiger partial charge is 2.00 e. The van der Waals surface area contributed by atoms with Crippen molar-refractivity contribution in [2.24, 2.45) is 23.7 Å². The maximum atomic E-state index is 11.8. The first-order valence-electron chi connectivity index (χ1n) is 8.15. The Balaban J connectivity index is 0.000000325. The minimum Gasteiger partial charge on any atom is -0.393 e. The second kappa shape index (κ2) is 9.73. The molecule has 1 saturated heterocycles. The Morgan fingerprint density at radius 3 is 1.92 bits per heavy atom. The number of esters is 2. The SMILES string of the molecule is C=CC1CC(/C=C/[C]2[CH][CH][CH][CH]2)[C@H]2C(=O)OC(=O)[C@@H]12.[CH]1[CH][CH][CH][CH]1.[Fe+2].